The lowest BCUT2D eigenvalue weighted by Crippen LogP contribution is -2.38. The molecule has 0 spiro atoms. The molecule has 0 radical (unpaired) electrons. The smallest absolute Gasteiger partial charge is 0.257 e. The Bertz CT molecular complexity index is 997. The maximum Gasteiger partial charge on any atom is 0.257 e. The predicted molar refractivity (Wildman–Crippen MR) is 119 cm³/mol. The van der Waals surface area contributed by atoms with Gasteiger partial charge >= 0.3 is 0 Å². The molecule has 1 amide bonds. The summed E-state index contributed by atoms with van der Waals surface area (Å²) in [6.45, 7) is 5.77. The maximum absolute atomic E-state index is 13.0. The number of benzene rings is 2. The van der Waals surface area contributed by atoms with Crippen molar-refractivity contribution in [2.75, 3.05) is 33.4 Å². The fourth-order valence-corrected chi connectivity index (χ4v) is 4.51. The predicted octanol–water partition coefficient (Wildman–Crippen LogP) is 3.23. The molecule has 2 aromatic rings. The Hall–Kier alpha value is -2.58. The number of piperidine rings is 1. The van der Waals surface area contributed by atoms with Crippen molar-refractivity contribution in [1.29, 1.82) is 0 Å². The zero-order valence-corrected chi connectivity index (χ0v) is 19.1. The third-order valence-electron chi connectivity index (χ3n) is 5.47. The maximum atomic E-state index is 13.0. The van der Waals surface area contributed by atoms with Crippen molar-refractivity contribution in [3.63, 3.8) is 0 Å². The van der Waals surface area contributed by atoms with Crippen LogP contribution in [-0.2, 0) is 10.0 Å². The molecule has 7 nitrogen and oxygen atoms in total. The fraction of sp³-hybridized carbons (Fsp3) is 0.435. The lowest BCUT2D eigenvalue weighted by atomic mass is 9.98. The van der Waals surface area contributed by atoms with E-state index in [1.54, 1.807) is 4.90 Å². The molecule has 3 rings (SSSR count). The first-order chi connectivity index (χ1) is 14.8. The highest BCUT2D eigenvalue weighted by Crippen LogP contribution is 2.26. The van der Waals surface area contributed by atoms with E-state index in [0.717, 1.165) is 18.4 Å². The van der Waals surface area contributed by atoms with Crippen LogP contribution >= 0.6 is 0 Å². The van der Waals surface area contributed by atoms with Crippen molar-refractivity contribution in [3.8, 4) is 11.5 Å². The van der Waals surface area contributed by atoms with Gasteiger partial charge in [0.25, 0.3) is 5.91 Å². The third kappa shape index (κ3) is 5.98. The SMILES string of the molecule is COc1ccc(S(=O)(=O)NCCOc2ccc(C)cc2)cc1C(=O)N1CCC(C)CC1. The molecule has 0 bridgehead atoms. The molecule has 1 N–H and O–H groups in total. The molecule has 1 fully saturated rings. The Labute approximate surface area is 184 Å². The number of methoxy groups -OCH3 is 1. The minimum atomic E-state index is -3.80. The lowest BCUT2D eigenvalue weighted by Gasteiger charge is -2.30. The number of amides is 1. The van der Waals surface area contributed by atoms with E-state index in [0.29, 0.717) is 30.5 Å². The highest BCUT2D eigenvalue weighted by molar-refractivity contribution is 7.89. The van der Waals surface area contributed by atoms with E-state index in [-0.39, 0.29) is 29.5 Å². The van der Waals surface area contributed by atoms with E-state index in [4.69, 9.17) is 9.47 Å². The second-order valence-corrected chi connectivity index (χ2v) is 9.66. The van der Waals surface area contributed by atoms with E-state index in [2.05, 4.69) is 11.6 Å². The van der Waals surface area contributed by atoms with Gasteiger partial charge in [-0.1, -0.05) is 24.6 Å². The molecular formula is C23H30N2O5S. The van der Waals surface area contributed by atoms with E-state index >= 15 is 0 Å². The van der Waals surface area contributed by atoms with Gasteiger partial charge in [-0.25, -0.2) is 13.1 Å². The van der Waals surface area contributed by atoms with Crippen LogP contribution in [0.1, 0.15) is 35.7 Å². The topological polar surface area (TPSA) is 84.9 Å². The first-order valence-electron chi connectivity index (χ1n) is 10.5. The third-order valence-corrected chi connectivity index (χ3v) is 6.93. The van der Waals surface area contributed by atoms with E-state index in [1.807, 2.05) is 31.2 Å². The first-order valence-corrected chi connectivity index (χ1v) is 11.9. The van der Waals surface area contributed by atoms with Crippen LogP contribution in [0.3, 0.4) is 0 Å². The van der Waals surface area contributed by atoms with Crippen molar-refractivity contribution in [2.24, 2.45) is 5.92 Å². The van der Waals surface area contributed by atoms with Gasteiger partial charge in [-0.15, -0.1) is 0 Å². The van der Waals surface area contributed by atoms with Crippen molar-refractivity contribution in [3.05, 3.63) is 53.6 Å². The number of hydrogen-bond donors (Lipinski definition) is 1. The Morgan fingerprint density at radius 2 is 1.81 bits per heavy atom. The summed E-state index contributed by atoms with van der Waals surface area (Å²) in [4.78, 5) is 14.8. The van der Waals surface area contributed by atoms with Crippen LogP contribution in [0, 0.1) is 12.8 Å². The number of hydrogen-bond acceptors (Lipinski definition) is 5. The molecule has 1 saturated heterocycles. The summed E-state index contributed by atoms with van der Waals surface area (Å²) in [6, 6.07) is 11.9. The molecule has 31 heavy (non-hydrogen) atoms. The number of carbonyl (C=O) groups is 1. The Balaban J connectivity index is 1.67. The van der Waals surface area contributed by atoms with Crippen molar-refractivity contribution in [2.45, 2.75) is 31.6 Å². The van der Waals surface area contributed by atoms with Crippen molar-refractivity contribution < 1.29 is 22.7 Å². The number of nitrogens with zero attached hydrogens (tertiary/aromatic N) is 1. The van der Waals surface area contributed by atoms with Gasteiger partial charge in [0.2, 0.25) is 10.0 Å². The van der Waals surface area contributed by atoms with Gasteiger partial charge in [-0.05, 0) is 56.0 Å². The normalized spacial score (nSPS) is 15.0. The summed E-state index contributed by atoms with van der Waals surface area (Å²) in [5, 5.41) is 0. The molecule has 2 aromatic carbocycles. The van der Waals surface area contributed by atoms with Gasteiger partial charge in [-0.3, -0.25) is 4.79 Å². The minimum Gasteiger partial charge on any atom is -0.496 e. The Kier molecular flexibility index (Phi) is 7.56. The number of sulfonamides is 1. The van der Waals surface area contributed by atoms with Crippen molar-refractivity contribution >= 4 is 15.9 Å². The van der Waals surface area contributed by atoms with Crippen LogP contribution in [0.25, 0.3) is 0 Å². The second kappa shape index (κ2) is 10.2. The zero-order chi connectivity index (χ0) is 22.4. The molecule has 0 aliphatic carbocycles. The molecule has 0 saturated carbocycles. The molecule has 168 valence electrons. The summed E-state index contributed by atoms with van der Waals surface area (Å²) in [5.74, 6) is 1.43. The minimum absolute atomic E-state index is 0.0253. The standard InChI is InChI=1S/C23H30N2O5S/c1-17-4-6-19(7-5-17)30-15-12-24-31(27,28)20-8-9-22(29-3)21(16-20)23(26)25-13-10-18(2)11-14-25/h4-9,16,18,24H,10-15H2,1-3H3. The van der Waals surface area contributed by atoms with Gasteiger partial charge in [0, 0.05) is 19.6 Å². The number of nitrogens with one attached hydrogen (secondary N) is 1. The van der Waals surface area contributed by atoms with Gasteiger partial charge in [0.1, 0.15) is 18.1 Å². The molecular weight excluding hydrogens is 416 g/mol. The molecule has 1 aliphatic heterocycles. The molecule has 0 atom stereocenters. The molecule has 1 heterocycles. The number of likely N-dealkylation sites (tertiary alicyclic amines) is 1. The highest BCUT2D eigenvalue weighted by Gasteiger charge is 2.26. The Morgan fingerprint density at radius 3 is 2.45 bits per heavy atom. The number of aryl methyl sites for hydroxylation is 1. The molecule has 0 unspecified atom stereocenters. The number of rotatable bonds is 8. The average Bonchev–Trinajstić information content (AvgIpc) is 2.77. The summed E-state index contributed by atoms with van der Waals surface area (Å²) in [7, 11) is -2.33. The van der Waals surface area contributed by atoms with E-state index in [1.165, 1.54) is 25.3 Å². The monoisotopic (exact) mass is 446 g/mol. The van der Waals surface area contributed by atoms with Crippen LogP contribution in [0.15, 0.2) is 47.4 Å². The summed E-state index contributed by atoms with van der Waals surface area (Å²) in [6.07, 6.45) is 1.88. The van der Waals surface area contributed by atoms with E-state index in [9.17, 15) is 13.2 Å². The van der Waals surface area contributed by atoms with Crippen molar-refractivity contribution in [1.82, 2.24) is 9.62 Å². The summed E-state index contributed by atoms with van der Waals surface area (Å²) >= 11 is 0. The average molecular weight is 447 g/mol. The van der Waals surface area contributed by atoms with Gasteiger partial charge in [-0.2, -0.15) is 0 Å². The van der Waals surface area contributed by atoms with Crippen LogP contribution in [0.2, 0.25) is 0 Å². The fourth-order valence-electron chi connectivity index (χ4n) is 3.47. The van der Waals surface area contributed by atoms with Gasteiger partial charge in [0.05, 0.1) is 17.6 Å². The Morgan fingerprint density at radius 1 is 1.13 bits per heavy atom. The lowest BCUT2D eigenvalue weighted by molar-refractivity contribution is 0.0693. The second-order valence-electron chi connectivity index (χ2n) is 7.90. The van der Waals surface area contributed by atoms with Crippen LogP contribution in [-0.4, -0.2) is 52.6 Å². The number of carbonyl (C=O) groups excluding carboxylic acids is 1. The van der Waals surface area contributed by atoms with Crippen LogP contribution in [0.4, 0.5) is 0 Å². The van der Waals surface area contributed by atoms with Crippen LogP contribution in [0.5, 0.6) is 11.5 Å². The zero-order valence-electron chi connectivity index (χ0n) is 18.3. The highest BCUT2D eigenvalue weighted by atomic mass is 32.2. The largest absolute Gasteiger partial charge is 0.496 e. The van der Waals surface area contributed by atoms with Gasteiger partial charge in [0.15, 0.2) is 0 Å². The van der Waals surface area contributed by atoms with Gasteiger partial charge < -0.3 is 14.4 Å². The molecule has 8 heteroatoms. The number of ether oxygens (including phenoxy) is 2. The van der Waals surface area contributed by atoms with E-state index < -0.39 is 10.0 Å². The quantitative estimate of drug-likeness (QED) is 0.630. The molecule has 0 aromatic heterocycles. The summed E-state index contributed by atoms with van der Waals surface area (Å²) in [5.41, 5.74) is 1.38. The first kappa shape index (κ1) is 23.1. The molecule has 1 aliphatic rings. The summed E-state index contributed by atoms with van der Waals surface area (Å²) < 4.78 is 38.9. The van der Waals surface area contributed by atoms with Crippen LogP contribution < -0.4 is 14.2 Å².